The van der Waals surface area contributed by atoms with Crippen molar-refractivity contribution in [1.82, 2.24) is 4.98 Å². The van der Waals surface area contributed by atoms with E-state index < -0.39 is 17.7 Å². The van der Waals surface area contributed by atoms with Crippen LogP contribution in [-0.2, 0) is 17.4 Å². The molecule has 1 aromatic heterocycles. The zero-order valence-electron chi connectivity index (χ0n) is 10.7. The molecule has 0 atom stereocenters. The number of aromatic nitrogens is 1. The molecule has 0 fully saturated rings. The zero-order chi connectivity index (χ0) is 15.1. The molecule has 1 aromatic carbocycles. The highest BCUT2D eigenvalue weighted by Gasteiger charge is 2.35. The Morgan fingerprint density at radius 1 is 1.40 bits per heavy atom. The van der Waals surface area contributed by atoms with Crippen molar-refractivity contribution in [2.24, 2.45) is 0 Å². The number of nitrogens with one attached hydrogen (secondary N) is 1. The summed E-state index contributed by atoms with van der Waals surface area (Å²) in [5.74, 6) is -1.64. The van der Waals surface area contributed by atoms with Gasteiger partial charge >= 0.3 is 6.18 Å². The van der Waals surface area contributed by atoms with E-state index >= 15 is 0 Å². The summed E-state index contributed by atoms with van der Waals surface area (Å²) < 4.78 is 43.4. The molecule has 0 spiro atoms. The minimum Gasteiger partial charge on any atom is -0.550 e. The van der Waals surface area contributed by atoms with E-state index in [0.717, 1.165) is 13.2 Å². The van der Waals surface area contributed by atoms with Crippen LogP contribution in [0.2, 0.25) is 0 Å². The quantitative estimate of drug-likeness (QED) is 0.935. The van der Waals surface area contributed by atoms with Crippen molar-refractivity contribution in [3.8, 4) is 5.75 Å². The average Bonchev–Trinajstić information content (AvgIpc) is 2.62. The van der Waals surface area contributed by atoms with Crippen LogP contribution in [0, 0.1) is 6.92 Å². The van der Waals surface area contributed by atoms with E-state index in [4.69, 9.17) is 4.74 Å². The number of carbonyl (C=O) groups is 1. The van der Waals surface area contributed by atoms with Crippen LogP contribution in [-0.4, -0.2) is 18.1 Å². The Morgan fingerprint density at radius 3 is 2.55 bits per heavy atom. The highest BCUT2D eigenvalue weighted by atomic mass is 19.4. The molecule has 0 bridgehead atoms. The molecular weight excluding hydrogens is 275 g/mol. The van der Waals surface area contributed by atoms with Crippen LogP contribution in [0.3, 0.4) is 0 Å². The number of aliphatic carboxylic acids is 1. The van der Waals surface area contributed by atoms with E-state index in [1.165, 1.54) is 6.07 Å². The number of ether oxygens (including phenoxy) is 1. The molecule has 1 N–H and O–H groups in total. The summed E-state index contributed by atoms with van der Waals surface area (Å²) in [6.07, 6.45) is -4.92. The minimum absolute atomic E-state index is 0.215. The third-order valence-corrected chi connectivity index (χ3v) is 3.07. The van der Waals surface area contributed by atoms with E-state index in [2.05, 4.69) is 4.98 Å². The fourth-order valence-electron chi connectivity index (χ4n) is 2.17. The van der Waals surface area contributed by atoms with Gasteiger partial charge < -0.3 is 19.6 Å². The molecular formula is C13H11F3NO3-. The Hall–Kier alpha value is -2.18. The van der Waals surface area contributed by atoms with Gasteiger partial charge in [-0.25, -0.2) is 0 Å². The first kappa shape index (κ1) is 14.2. The Morgan fingerprint density at radius 2 is 2.05 bits per heavy atom. The molecule has 1 heterocycles. The normalized spacial score (nSPS) is 11.8. The molecule has 20 heavy (non-hydrogen) atoms. The van der Waals surface area contributed by atoms with Gasteiger partial charge in [-0.15, -0.1) is 0 Å². The number of rotatable bonds is 3. The summed E-state index contributed by atoms with van der Waals surface area (Å²) in [7, 11) is 1.13. The lowest BCUT2D eigenvalue weighted by molar-refractivity contribution is -0.304. The van der Waals surface area contributed by atoms with Crippen LogP contribution < -0.4 is 9.84 Å². The van der Waals surface area contributed by atoms with Gasteiger partial charge in [0.1, 0.15) is 5.75 Å². The number of carboxylic acids is 1. The molecule has 0 aliphatic rings. The smallest absolute Gasteiger partial charge is 0.420 e. The first-order valence-corrected chi connectivity index (χ1v) is 5.70. The maximum atomic E-state index is 12.9. The van der Waals surface area contributed by atoms with E-state index in [-0.39, 0.29) is 17.7 Å². The molecule has 0 radical (unpaired) electrons. The summed E-state index contributed by atoms with van der Waals surface area (Å²) in [6.45, 7) is 1.60. The van der Waals surface area contributed by atoms with Gasteiger partial charge in [0.15, 0.2) is 0 Å². The molecule has 0 amide bonds. The predicted octanol–water partition coefficient (Wildman–Crippen LogP) is 1.80. The van der Waals surface area contributed by atoms with Gasteiger partial charge in [0.25, 0.3) is 0 Å². The molecule has 108 valence electrons. The summed E-state index contributed by atoms with van der Waals surface area (Å²) in [6, 6.07) is 2.11. The van der Waals surface area contributed by atoms with Crippen molar-refractivity contribution >= 4 is 16.9 Å². The number of methoxy groups -OCH3 is 1. The number of aryl methyl sites for hydroxylation is 1. The standard InChI is InChI=1S/C13H12F3NO3/c1-6-7(4-12(18)19)8-3-11(20-2)9(13(14,15)16)5-10(8)17-6/h3,5,17H,4H2,1-2H3,(H,18,19)/p-1. The second-order valence-electron chi connectivity index (χ2n) is 4.37. The molecule has 0 saturated carbocycles. The van der Waals surface area contributed by atoms with E-state index in [0.29, 0.717) is 16.6 Å². The first-order chi connectivity index (χ1) is 9.24. The van der Waals surface area contributed by atoms with Gasteiger partial charge in [-0.2, -0.15) is 13.2 Å². The second-order valence-corrected chi connectivity index (χ2v) is 4.37. The predicted molar refractivity (Wildman–Crippen MR) is 63.3 cm³/mol. The zero-order valence-corrected chi connectivity index (χ0v) is 10.7. The summed E-state index contributed by atoms with van der Waals surface area (Å²) in [5, 5.41) is 11.1. The van der Waals surface area contributed by atoms with E-state index in [1.54, 1.807) is 6.92 Å². The van der Waals surface area contributed by atoms with Crippen molar-refractivity contribution in [1.29, 1.82) is 0 Å². The fourth-order valence-corrected chi connectivity index (χ4v) is 2.17. The highest BCUT2D eigenvalue weighted by molar-refractivity contribution is 5.90. The number of hydrogen-bond acceptors (Lipinski definition) is 3. The Bertz CT molecular complexity index is 674. The highest BCUT2D eigenvalue weighted by Crippen LogP contribution is 2.39. The van der Waals surface area contributed by atoms with Crippen molar-refractivity contribution in [3.05, 3.63) is 29.0 Å². The fraction of sp³-hybridized carbons (Fsp3) is 0.308. The first-order valence-electron chi connectivity index (χ1n) is 5.70. The Kier molecular flexibility index (Phi) is 3.37. The van der Waals surface area contributed by atoms with Crippen LogP contribution in [0.1, 0.15) is 16.8 Å². The number of carboxylic acid groups (broad SMARTS) is 1. The van der Waals surface area contributed by atoms with Crippen molar-refractivity contribution in [2.45, 2.75) is 19.5 Å². The lowest BCUT2D eigenvalue weighted by Crippen LogP contribution is -2.24. The number of H-pyrrole nitrogens is 1. The number of benzene rings is 1. The molecule has 0 unspecified atom stereocenters. The van der Waals surface area contributed by atoms with Crippen molar-refractivity contribution in [3.63, 3.8) is 0 Å². The van der Waals surface area contributed by atoms with E-state index in [9.17, 15) is 23.1 Å². The SMILES string of the molecule is COc1cc2c(CC(=O)[O-])c(C)[nH]c2cc1C(F)(F)F. The number of carbonyl (C=O) groups excluding carboxylic acids is 1. The monoisotopic (exact) mass is 286 g/mol. The molecule has 2 aromatic rings. The van der Waals surface area contributed by atoms with Gasteiger partial charge in [0.05, 0.1) is 12.7 Å². The lowest BCUT2D eigenvalue weighted by atomic mass is 10.0. The molecule has 0 aliphatic carbocycles. The number of halogens is 3. The maximum Gasteiger partial charge on any atom is 0.420 e. The third-order valence-electron chi connectivity index (χ3n) is 3.07. The van der Waals surface area contributed by atoms with Crippen molar-refractivity contribution in [2.75, 3.05) is 7.11 Å². The Labute approximate surface area is 112 Å². The second kappa shape index (κ2) is 4.73. The maximum absolute atomic E-state index is 12.9. The third kappa shape index (κ3) is 2.43. The average molecular weight is 286 g/mol. The molecule has 7 heteroatoms. The summed E-state index contributed by atoms with van der Waals surface area (Å²) in [4.78, 5) is 13.5. The van der Waals surface area contributed by atoms with Gasteiger partial charge in [-0.1, -0.05) is 0 Å². The van der Waals surface area contributed by atoms with Crippen LogP contribution in [0.5, 0.6) is 5.75 Å². The summed E-state index contributed by atoms with van der Waals surface area (Å²) in [5.41, 5.74) is 0.193. The number of aromatic amines is 1. The summed E-state index contributed by atoms with van der Waals surface area (Å²) >= 11 is 0. The number of fused-ring (bicyclic) bond motifs is 1. The van der Waals surface area contributed by atoms with Crippen LogP contribution in [0.4, 0.5) is 13.2 Å². The largest absolute Gasteiger partial charge is 0.550 e. The molecule has 0 aliphatic heterocycles. The lowest BCUT2D eigenvalue weighted by Gasteiger charge is -2.12. The van der Waals surface area contributed by atoms with Crippen LogP contribution in [0.25, 0.3) is 10.9 Å². The molecule has 2 rings (SSSR count). The topological polar surface area (TPSA) is 65.2 Å². The van der Waals surface area contributed by atoms with Crippen LogP contribution >= 0.6 is 0 Å². The molecule has 4 nitrogen and oxygen atoms in total. The van der Waals surface area contributed by atoms with Crippen LogP contribution in [0.15, 0.2) is 12.1 Å². The van der Waals surface area contributed by atoms with Gasteiger partial charge in [0, 0.05) is 29.0 Å². The molecule has 0 saturated heterocycles. The van der Waals surface area contributed by atoms with Crippen molar-refractivity contribution < 1.29 is 27.8 Å². The van der Waals surface area contributed by atoms with Gasteiger partial charge in [0.2, 0.25) is 0 Å². The van der Waals surface area contributed by atoms with Gasteiger partial charge in [-0.3, -0.25) is 0 Å². The minimum atomic E-state index is -4.55. The Balaban J connectivity index is 2.71. The van der Waals surface area contributed by atoms with Gasteiger partial charge in [-0.05, 0) is 24.6 Å². The van der Waals surface area contributed by atoms with E-state index in [1.807, 2.05) is 0 Å². The number of alkyl halides is 3. The number of hydrogen-bond donors (Lipinski definition) is 1.